The zero-order valence-corrected chi connectivity index (χ0v) is 16.8. The minimum Gasteiger partial charge on any atom is -0.337 e. The van der Waals surface area contributed by atoms with E-state index in [2.05, 4.69) is 9.88 Å². The molecular formula is C20H23FN4O3S. The number of sulfonamides is 1. The number of hydrogen-bond donors (Lipinski definition) is 0. The van der Waals surface area contributed by atoms with Gasteiger partial charge < -0.3 is 4.90 Å². The molecule has 1 aromatic heterocycles. The third kappa shape index (κ3) is 4.17. The van der Waals surface area contributed by atoms with Gasteiger partial charge in [0.2, 0.25) is 15.9 Å². The molecule has 0 bridgehead atoms. The highest BCUT2D eigenvalue weighted by Gasteiger charge is 2.38. The average Bonchev–Trinajstić information content (AvgIpc) is 3.09. The lowest BCUT2D eigenvalue weighted by molar-refractivity contribution is -0.133. The van der Waals surface area contributed by atoms with Crippen molar-refractivity contribution in [1.82, 2.24) is 19.1 Å². The van der Waals surface area contributed by atoms with Gasteiger partial charge in [0.25, 0.3) is 0 Å². The van der Waals surface area contributed by atoms with E-state index in [0.29, 0.717) is 26.2 Å². The Labute approximate surface area is 169 Å². The highest BCUT2D eigenvalue weighted by atomic mass is 32.2. The molecule has 29 heavy (non-hydrogen) atoms. The van der Waals surface area contributed by atoms with E-state index in [1.54, 1.807) is 12.4 Å². The number of benzene rings is 1. The second-order valence-corrected chi connectivity index (χ2v) is 9.26. The van der Waals surface area contributed by atoms with Gasteiger partial charge in [-0.15, -0.1) is 0 Å². The topological polar surface area (TPSA) is 73.8 Å². The van der Waals surface area contributed by atoms with Crippen LogP contribution in [-0.2, 0) is 21.4 Å². The molecule has 3 heterocycles. The number of hydrogen-bond acceptors (Lipinski definition) is 5. The van der Waals surface area contributed by atoms with Crippen LogP contribution >= 0.6 is 0 Å². The van der Waals surface area contributed by atoms with Gasteiger partial charge in [0, 0.05) is 51.7 Å². The minimum atomic E-state index is -3.73. The summed E-state index contributed by atoms with van der Waals surface area (Å²) < 4.78 is 40.3. The molecule has 4 rings (SSSR count). The van der Waals surface area contributed by atoms with E-state index >= 15 is 0 Å². The highest BCUT2D eigenvalue weighted by Crippen LogP contribution is 2.23. The van der Waals surface area contributed by atoms with Crippen LogP contribution in [0.1, 0.15) is 12.0 Å². The first kappa shape index (κ1) is 19.9. The van der Waals surface area contributed by atoms with Gasteiger partial charge in [-0.05, 0) is 36.2 Å². The number of carbonyl (C=O) groups is 1. The molecule has 1 unspecified atom stereocenters. The maximum absolute atomic E-state index is 13.4. The average molecular weight is 418 g/mol. The summed E-state index contributed by atoms with van der Waals surface area (Å²) in [6.45, 7) is 2.74. The molecule has 154 valence electrons. The Morgan fingerprint density at radius 2 is 1.86 bits per heavy atom. The molecule has 2 saturated heterocycles. The lowest BCUT2D eigenvalue weighted by Crippen LogP contribution is -2.53. The van der Waals surface area contributed by atoms with Crippen molar-refractivity contribution in [2.24, 2.45) is 0 Å². The number of halogens is 1. The van der Waals surface area contributed by atoms with Crippen LogP contribution in [-0.4, -0.2) is 72.2 Å². The second-order valence-electron chi connectivity index (χ2n) is 7.32. The Hall–Kier alpha value is -2.36. The molecule has 0 aliphatic carbocycles. The van der Waals surface area contributed by atoms with E-state index in [0.717, 1.165) is 18.1 Å². The number of nitrogens with zero attached hydrogens (tertiary/aromatic N) is 4. The molecule has 1 atom stereocenters. The summed E-state index contributed by atoms with van der Waals surface area (Å²) in [7, 11) is -3.73. The zero-order chi connectivity index (χ0) is 20.4. The molecule has 0 radical (unpaired) electrons. The van der Waals surface area contributed by atoms with Crippen LogP contribution in [0.5, 0.6) is 0 Å². The van der Waals surface area contributed by atoms with Crippen LogP contribution < -0.4 is 0 Å². The number of pyridine rings is 1. The van der Waals surface area contributed by atoms with E-state index in [1.807, 2.05) is 17.0 Å². The van der Waals surface area contributed by atoms with Crippen LogP contribution in [0.15, 0.2) is 53.7 Å². The quantitative estimate of drug-likeness (QED) is 0.733. The Bertz CT molecular complexity index is 978. The SMILES string of the molecule is O=C1C(N2CCN(S(=O)(=O)c3cccc(F)c3)CC2)CCN1Cc1cccnc1. The van der Waals surface area contributed by atoms with E-state index in [1.165, 1.54) is 22.5 Å². The summed E-state index contributed by atoms with van der Waals surface area (Å²) in [5, 5.41) is 0. The Balaban J connectivity index is 1.37. The van der Waals surface area contributed by atoms with Crippen molar-refractivity contribution in [3.05, 3.63) is 60.2 Å². The normalized spacial score (nSPS) is 21.6. The fourth-order valence-electron chi connectivity index (χ4n) is 3.96. The van der Waals surface area contributed by atoms with Gasteiger partial charge in [0.05, 0.1) is 10.9 Å². The molecule has 2 aliphatic heterocycles. The first-order valence-electron chi connectivity index (χ1n) is 9.62. The van der Waals surface area contributed by atoms with Crippen molar-refractivity contribution in [3.63, 3.8) is 0 Å². The van der Waals surface area contributed by atoms with Crippen molar-refractivity contribution in [3.8, 4) is 0 Å². The number of likely N-dealkylation sites (tertiary alicyclic amines) is 1. The van der Waals surface area contributed by atoms with Gasteiger partial charge in [0.1, 0.15) is 5.82 Å². The van der Waals surface area contributed by atoms with Gasteiger partial charge in [-0.3, -0.25) is 14.7 Å². The smallest absolute Gasteiger partial charge is 0.243 e. The molecule has 7 nitrogen and oxygen atoms in total. The standard InChI is InChI=1S/C20H23FN4O3S/c21-17-4-1-5-18(13-17)29(27,28)25-11-9-23(10-12-25)19-6-8-24(20(19)26)15-16-3-2-7-22-14-16/h1-5,7,13-14,19H,6,8-12,15H2. The van der Waals surface area contributed by atoms with Crippen LogP contribution in [0.2, 0.25) is 0 Å². The molecule has 0 spiro atoms. The lowest BCUT2D eigenvalue weighted by atomic mass is 10.2. The highest BCUT2D eigenvalue weighted by molar-refractivity contribution is 7.89. The predicted octanol–water partition coefficient (Wildman–Crippen LogP) is 1.33. The number of carbonyl (C=O) groups excluding carboxylic acids is 1. The molecule has 2 fully saturated rings. The first-order valence-corrected chi connectivity index (χ1v) is 11.1. The number of amides is 1. The van der Waals surface area contributed by atoms with Crippen LogP contribution in [0, 0.1) is 5.82 Å². The van der Waals surface area contributed by atoms with Crippen molar-refractivity contribution in [2.75, 3.05) is 32.7 Å². The van der Waals surface area contributed by atoms with Crippen molar-refractivity contribution < 1.29 is 17.6 Å². The summed E-state index contributed by atoms with van der Waals surface area (Å²) in [6, 6.07) is 8.65. The predicted molar refractivity (Wildman–Crippen MR) is 105 cm³/mol. The molecule has 2 aliphatic rings. The molecule has 0 saturated carbocycles. The molecular weight excluding hydrogens is 395 g/mol. The Morgan fingerprint density at radius 3 is 2.55 bits per heavy atom. The maximum Gasteiger partial charge on any atom is 0.243 e. The monoisotopic (exact) mass is 418 g/mol. The number of piperazine rings is 1. The van der Waals surface area contributed by atoms with E-state index in [9.17, 15) is 17.6 Å². The van der Waals surface area contributed by atoms with Gasteiger partial charge >= 0.3 is 0 Å². The Kier molecular flexibility index (Phi) is 5.62. The number of rotatable bonds is 5. The van der Waals surface area contributed by atoms with E-state index in [4.69, 9.17) is 0 Å². The molecule has 9 heteroatoms. The summed E-state index contributed by atoms with van der Waals surface area (Å²) >= 11 is 0. The Morgan fingerprint density at radius 1 is 1.07 bits per heavy atom. The van der Waals surface area contributed by atoms with Crippen molar-refractivity contribution in [2.45, 2.75) is 23.9 Å². The van der Waals surface area contributed by atoms with Gasteiger partial charge in [-0.2, -0.15) is 4.31 Å². The first-order chi connectivity index (χ1) is 13.9. The van der Waals surface area contributed by atoms with E-state index in [-0.39, 0.29) is 29.9 Å². The fraction of sp³-hybridized carbons (Fsp3) is 0.400. The fourth-order valence-corrected chi connectivity index (χ4v) is 5.42. The van der Waals surface area contributed by atoms with Gasteiger partial charge in [0.15, 0.2) is 0 Å². The second kappa shape index (κ2) is 8.17. The van der Waals surface area contributed by atoms with Crippen LogP contribution in [0.25, 0.3) is 0 Å². The summed E-state index contributed by atoms with van der Waals surface area (Å²) in [5.74, 6) is -0.495. The van der Waals surface area contributed by atoms with Crippen LogP contribution in [0.4, 0.5) is 4.39 Å². The summed E-state index contributed by atoms with van der Waals surface area (Å²) in [5.41, 5.74) is 0.993. The maximum atomic E-state index is 13.4. The lowest BCUT2D eigenvalue weighted by Gasteiger charge is -2.36. The van der Waals surface area contributed by atoms with E-state index < -0.39 is 15.8 Å². The molecule has 1 aromatic carbocycles. The molecule has 2 aromatic rings. The number of aromatic nitrogens is 1. The minimum absolute atomic E-state index is 0.0365. The summed E-state index contributed by atoms with van der Waals surface area (Å²) in [6.07, 6.45) is 4.20. The van der Waals surface area contributed by atoms with Gasteiger partial charge in [-0.25, -0.2) is 12.8 Å². The third-order valence-electron chi connectivity index (χ3n) is 5.51. The van der Waals surface area contributed by atoms with Gasteiger partial charge in [-0.1, -0.05) is 12.1 Å². The molecule has 0 N–H and O–H groups in total. The third-order valence-corrected chi connectivity index (χ3v) is 7.41. The van der Waals surface area contributed by atoms with Crippen molar-refractivity contribution in [1.29, 1.82) is 0 Å². The largest absolute Gasteiger partial charge is 0.337 e. The summed E-state index contributed by atoms with van der Waals surface area (Å²) in [4.78, 5) is 20.8. The van der Waals surface area contributed by atoms with Crippen molar-refractivity contribution >= 4 is 15.9 Å². The molecule has 1 amide bonds. The van der Waals surface area contributed by atoms with Crippen LogP contribution in [0.3, 0.4) is 0 Å². The zero-order valence-electron chi connectivity index (χ0n) is 15.9.